The highest BCUT2D eigenvalue weighted by molar-refractivity contribution is 6.15. The molecule has 3 nitrogen and oxygen atoms in total. The summed E-state index contributed by atoms with van der Waals surface area (Å²) in [7, 11) is 0. The Balaban J connectivity index is 1.83. The summed E-state index contributed by atoms with van der Waals surface area (Å²) >= 11 is 0. The van der Waals surface area contributed by atoms with Crippen molar-refractivity contribution in [3.05, 3.63) is 58.7 Å². The van der Waals surface area contributed by atoms with Gasteiger partial charge in [-0.2, -0.15) is 0 Å². The van der Waals surface area contributed by atoms with Gasteiger partial charge in [-0.05, 0) is 74.1 Å². The van der Waals surface area contributed by atoms with E-state index in [1.807, 2.05) is 26.0 Å². The van der Waals surface area contributed by atoms with E-state index < -0.39 is 11.6 Å². The van der Waals surface area contributed by atoms with Crippen molar-refractivity contribution in [1.29, 1.82) is 0 Å². The molecule has 1 saturated carbocycles. The molecule has 1 amide bonds. The number of nitrogens with zero attached hydrogens (tertiary/aromatic N) is 2. The Hall–Kier alpha value is -2.56. The number of aliphatic imine (C=N–C) groups is 1. The van der Waals surface area contributed by atoms with Gasteiger partial charge in [-0.1, -0.05) is 0 Å². The van der Waals surface area contributed by atoms with Crippen LogP contribution < -0.4 is 4.90 Å². The molecule has 0 bridgehead atoms. The summed E-state index contributed by atoms with van der Waals surface area (Å²) in [6.45, 7) is 4.13. The van der Waals surface area contributed by atoms with E-state index in [2.05, 4.69) is 0 Å². The first-order valence-electron chi connectivity index (χ1n) is 8.87. The van der Waals surface area contributed by atoms with E-state index in [1.54, 1.807) is 4.90 Å². The molecule has 1 fully saturated rings. The highest BCUT2D eigenvalue weighted by atomic mass is 19.1. The van der Waals surface area contributed by atoms with E-state index in [0.29, 0.717) is 11.3 Å². The van der Waals surface area contributed by atoms with E-state index in [4.69, 9.17) is 4.99 Å². The van der Waals surface area contributed by atoms with Gasteiger partial charge in [-0.25, -0.2) is 8.78 Å². The summed E-state index contributed by atoms with van der Waals surface area (Å²) in [5.74, 6) is -1.55. The normalized spacial score (nSPS) is 19.1. The minimum absolute atomic E-state index is 0.0343. The van der Waals surface area contributed by atoms with E-state index >= 15 is 0 Å². The monoisotopic (exact) mass is 354 g/mol. The molecule has 0 N–H and O–H groups in total. The van der Waals surface area contributed by atoms with Crippen molar-refractivity contribution in [2.24, 2.45) is 10.9 Å². The summed E-state index contributed by atoms with van der Waals surface area (Å²) < 4.78 is 27.2. The van der Waals surface area contributed by atoms with Crippen LogP contribution in [0.3, 0.4) is 0 Å². The molecular formula is C21H20F2N2O. The second-order valence-corrected chi connectivity index (χ2v) is 7.18. The number of benzene rings is 2. The molecule has 2 aliphatic rings. The van der Waals surface area contributed by atoms with Gasteiger partial charge in [0.2, 0.25) is 5.91 Å². The second-order valence-electron chi connectivity index (χ2n) is 7.18. The van der Waals surface area contributed by atoms with E-state index in [0.717, 1.165) is 47.9 Å². The van der Waals surface area contributed by atoms with E-state index in [1.165, 1.54) is 12.1 Å². The molecule has 26 heavy (non-hydrogen) atoms. The van der Waals surface area contributed by atoms with Crippen LogP contribution >= 0.6 is 0 Å². The minimum atomic E-state index is -0.639. The van der Waals surface area contributed by atoms with E-state index in [-0.39, 0.29) is 18.4 Å². The molecule has 2 aromatic carbocycles. The fraction of sp³-hybridized carbons (Fsp3) is 0.333. The quantitative estimate of drug-likeness (QED) is 0.747. The summed E-state index contributed by atoms with van der Waals surface area (Å²) in [5, 5.41) is 0. The standard InChI is InChI=1S/C21H20F2N2O/c1-12-6-19-20(7-13(12)2)25(11-14-8-15(22)10-16(23)9-14)21(26)17-4-3-5-18(17)24-19/h6-10,17H,3-5,11H2,1-2H3/t17-/m0/s1. The van der Waals surface area contributed by atoms with Gasteiger partial charge >= 0.3 is 0 Å². The predicted octanol–water partition coefficient (Wildman–Crippen LogP) is 5.00. The number of rotatable bonds is 2. The lowest BCUT2D eigenvalue weighted by molar-refractivity contribution is -0.120. The van der Waals surface area contributed by atoms with Gasteiger partial charge in [0.25, 0.3) is 0 Å². The first kappa shape index (κ1) is 16.9. The molecule has 4 rings (SSSR count). The van der Waals surface area contributed by atoms with Crippen LogP contribution in [-0.2, 0) is 11.3 Å². The van der Waals surface area contributed by atoms with Gasteiger partial charge in [0.15, 0.2) is 0 Å². The van der Waals surface area contributed by atoms with Crippen molar-refractivity contribution in [2.75, 3.05) is 4.90 Å². The lowest BCUT2D eigenvalue weighted by Crippen LogP contribution is -2.36. The molecule has 1 heterocycles. The summed E-state index contributed by atoms with van der Waals surface area (Å²) in [6, 6.07) is 7.33. The maximum absolute atomic E-state index is 13.6. The molecule has 2 aromatic rings. The summed E-state index contributed by atoms with van der Waals surface area (Å²) in [4.78, 5) is 19.6. The Morgan fingerprint density at radius 3 is 2.50 bits per heavy atom. The molecule has 0 radical (unpaired) electrons. The molecule has 5 heteroatoms. The Kier molecular flexibility index (Phi) is 4.10. The Bertz CT molecular complexity index is 916. The number of anilines is 1. The van der Waals surface area contributed by atoms with Crippen LogP contribution in [0.2, 0.25) is 0 Å². The number of carbonyl (C=O) groups excluding carboxylic acids is 1. The smallest absolute Gasteiger partial charge is 0.236 e. The third-order valence-corrected chi connectivity index (χ3v) is 5.30. The third kappa shape index (κ3) is 2.91. The summed E-state index contributed by atoms with van der Waals surface area (Å²) in [6.07, 6.45) is 2.54. The van der Waals surface area contributed by atoms with Crippen LogP contribution in [0.4, 0.5) is 20.2 Å². The van der Waals surface area contributed by atoms with Gasteiger partial charge in [0, 0.05) is 11.8 Å². The zero-order valence-corrected chi connectivity index (χ0v) is 14.9. The van der Waals surface area contributed by atoms with Crippen LogP contribution in [0.5, 0.6) is 0 Å². The van der Waals surface area contributed by atoms with Gasteiger partial charge in [0.05, 0.1) is 23.8 Å². The molecule has 1 atom stereocenters. The van der Waals surface area contributed by atoms with Gasteiger partial charge < -0.3 is 4.90 Å². The highest BCUT2D eigenvalue weighted by Crippen LogP contribution is 2.40. The number of amides is 1. The predicted molar refractivity (Wildman–Crippen MR) is 97.9 cm³/mol. The number of fused-ring (bicyclic) bond motifs is 2. The van der Waals surface area contributed by atoms with Gasteiger partial charge in [0.1, 0.15) is 11.6 Å². The average Bonchev–Trinajstić information content (AvgIpc) is 2.99. The maximum atomic E-state index is 13.6. The van der Waals surface area contributed by atoms with E-state index in [9.17, 15) is 13.6 Å². The average molecular weight is 354 g/mol. The van der Waals surface area contributed by atoms with Crippen molar-refractivity contribution in [1.82, 2.24) is 0 Å². The van der Waals surface area contributed by atoms with Crippen molar-refractivity contribution in [2.45, 2.75) is 39.7 Å². The first-order chi connectivity index (χ1) is 12.4. The summed E-state index contributed by atoms with van der Waals surface area (Å²) in [5.41, 5.74) is 4.99. The minimum Gasteiger partial charge on any atom is -0.305 e. The van der Waals surface area contributed by atoms with Crippen LogP contribution in [0.15, 0.2) is 35.3 Å². The molecule has 1 aliphatic heterocycles. The lowest BCUT2D eigenvalue weighted by atomic mass is 10.0. The topological polar surface area (TPSA) is 32.7 Å². The zero-order chi connectivity index (χ0) is 18.4. The second kappa shape index (κ2) is 6.31. The number of aryl methyl sites for hydroxylation is 2. The highest BCUT2D eigenvalue weighted by Gasteiger charge is 2.36. The number of carbonyl (C=O) groups is 1. The zero-order valence-electron chi connectivity index (χ0n) is 14.9. The van der Waals surface area contributed by atoms with Crippen molar-refractivity contribution >= 4 is 23.0 Å². The van der Waals surface area contributed by atoms with Crippen LogP contribution in [0.1, 0.15) is 36.0 Å². The molecule has 134 valence electrons. The molecule has 0 unspecified atom stereocenters. The Labute approximate surface area is 151 Å². The van der Waals surface area contributed by atoms with Gasteiger partial charge in [-0.3, -0.25) is 9.79 Å². The molecule has 0 spiro atoms. The molecule has 0 saturated heterocycles. The van der Waals surface area contributed by atoms with Crippen LogP contribution in [0.25, 0.3) is 0 Å². The van der Waals surface area contributed by atoms with Crippen molar-refractivity contribution in [3.8, 4) is 0 Å². The SMILES string of the molecule is Cc1cc2c(cc1C)N(Cc1cc(F)cc(F)c1)C(=O)[C@H]1CCCC1=N2. The van der Waals surface area contributed by atoms with Crippen LogP contribution in [-0.4, -0.2) is 11.6 Å². The first-order valence-corrected chi connectivity index (χ1v) is 8.87. The van der Waals surface area contributed by atoms with Crippen LogP contribution in [0, 0.1) is 31.4 Å². The van der Waals surface area contributed by atoms with Crippen molar-refractivity contribution < 1.29 is 13.6 Å². The number of hydrogen-bond donors (Lipinski definition) is 0. The van der Waals surface area contributed by atoms with Crippen molar-refractivity contribution in [3.63, 3.8) is 0 Å². The lowest BCUT2D eigenvalue weighted by Gasteiger charge is -2.25. The van der Waals surface area contributed by atoms with Gasteiger partial charge in [-0.15, -0.1) is 0 Å². The maximum Gasteiger partial charge on any atom is 0.236 e. The molecular weight excluding hydrogens is 334 g/mol. The molecule has 0 aromatic heterocycles. The largest absolute Gasteiger partial charge is 0.305 e. The third-order valence-electron chi connectivity index (χ3n) is 5.30. The Morgan fingerprint density at radius 2 is 1.77 bits per heavy atom. The number of halogens is 2. The Morgan fingerprint density at radius 1 is 1.08 bits per heavy atom. The fourth-order valence-corrected chi connectivity index (χ4v) is 3.83. The fourth-order valence-electron chi connectivity index (χ4n) is 3.83. The molecule has 1 aliphatic carbocycles. The number of hydrogen-bond acceptors (Lipinski definition) is 2.